The van der Waals surface area contributed by atoms with Crippen LogP contribution < -0.4 is 5.32 Å². The van der Waals surface area contributed by atoms with Gasteiger partial charge in [0.2, 0.25) is 5.92 Å². The van der Waals surface area contributed by atoms with E-state index in [0.29, 0.717) is 11.8 Å². The Morgan fingerprint density at radius 3 is 2.83 bits per heavy atom. The van der Waals surface area contributed by atoms with Crippen molar-refractivity contribution in [3.05, 3.63) is 0 Å². The average Bonchev–Trinajstić information content (AvgIpc) is 2.89. The molecule has 18 heavy (non-hydrogen) atoms. The Balaban J connectivity index is 1.52. The van der Waals surface area contributed by atoms with Gasteiger partial charge in [0.05, 0.1) is 0 Å². The summed E-state index contributed by atoms with van der Waals surface area (Å²) in [6.45, 7) is 5.41. The second kappa shape index (κ2) is 4.71. The molecule has 0 aromatic heterocycles. The Morgan fingerprint density at radius 1 is 1.22 bits per heavy atom. The van der Waals surface area contributed by atoms with Gasteiger partial charge in [-0.25, -0.2) is 8.78 Å². The molecule has 4 heteroatoms. The lowest BCUT2D eigenvalue weighted by Crippen LogP contribution is -2.36. The molecule has 1 N–H and O–H groups in total. The lowest BCUT2D eigenvalue weighted by molar-refractivity contribution is -0.0563. The highest BCUT2D eigenvalue weighted by molar-refractivity contribution is 4.96. The van der Waals surface area contributed by atoms with E-state index in [-0.39, 0.29) is 18.8 Å². The summed E-state index contributed by atoms with van der Waals surface area (Å²) in [5, 5.41) is 3.45. The van der Waals surface area contributed by atoms with E-state index < -0.39 is 5.92 Å². The van der Waals surface area contributed by atoms with Crippen molar-refractivity contribution < 1.29 is 8.78 Å². The SMILES string of the molecule is FC1(F)CCCC(CN2CCC3(CCNC3)C2)C1. The minimum absolute atomic E-state index is 0.108. The fourth-order valence-corrected chi connectivity index (χ4v) is 4.12. The van der Waals surface area contributed by atoms with Crippen LogP contribution in [0, 0.1) is 11.3 Å². The molecule has 2 unspecified atom stereocenters. The minimum Gasteiger partial charge on any atom is -0.316 e. The molecule has 2 atom stereocenters. The van der Waals surface area contributed by atoms with Crippen molar-refractivity contribution in [2.45, 2.75) is 44.4 Å². The van der Waals surface area contributed by atoms with E-state index in [1.807, 2.05) is 0 Å². The number of rotatable bonds is 2. The second-order valence-electron chi connectivity index (χ2n) is 6.73. The fourth-order valence-electron chi connectivity index (χ4n) is 4.12. The van der Waals surface area contributed by atoms with Crippen LogP contribution in [0.4, 0.5) is 8.78 Å². The van der Waals surface area contributed by atoms with Crippen LogP contribution in [0.1, 0.15) is 38.5 Å². The molecule has 2 aliphatic heterocycles. The maximum absolute atomic E-state index is 13.4. The third-order valence-electron chi connectivity index (χ3n) is 5.11. The number of nitrogens with one attached hydrogen (secondary N) is 1. The highest BCUT2D eigenvalue weighted by Gasteiger charge is 2.42. The van der Waals surface area contributed by atoms with E-state index in [1.165, 1.54) is 12.8 Å². The quantitative estimate of drug-likeness (QED) is 0.818. The molecule has 0 radical (unpaired) electrons. The second-order valence-corrected chi connectivity index (χ2v) is 6.73. The number of hydrogen-bond donors (Lipinski definition) is 1. The van der Waals surface area contributed by atoms with Crippen molar-refractivity contribution in [3.8, 4) is 0 Å². The summed E-state index contributed by atoms with van der Waals surface area (Å²) in [6.07, 6.45) is 4.45. The molecular weight excluding hydrogens is 234 g/mol. The Labute approximate surface area is 108 Å². The van der Waals surface area contributed by atoms with Gasteiger partial charge in [-0.05, 0) is 50.1 Å². The summed E-state index contributed by atoms with van der Waals surface area (Å²) in [5.74, 6) is -2.17. The molecule has 3 aliphatic rings. The van der Waals surface area contributed by atoms with Crippen LogP contribution in [-0.4, -0.2) is 43.5 Å². The van der Waals surface area contributed by atoms with Crippen LogP contribution in [0.15, 0.2) is 0 Å². The lowest BCUT2D eigenvalue weighted by atomic mass is 9.85. The van der Waals surface area contributed by atoms with Crippen LogP contribution in [0.2, 0.25) is 0 Å². The first kappa shape index (κ1) is 12.8. The molecule has 2 nitrogen and oxygen atoms in total. The predicted octanol–water partition coefficient (Wildman–Crippen LogP) is 2.50. The largest absolute Gasteiger partial charge is 0.316 e. The zero-order chi connectivity index (χ0) is 12.6. The Hall–Kier alpha value is -0.220. The van der Waals surface area contributed by atoms with Crippen LogP contribution in [0.3, 0.4) is 0 Å². The van der Waals surface area contributed by atoms with Crippen molar-refractivity contribution in [1.29, 1.82) is 0 Å². The summed E-state index contributed by atoms with van der Waals surface area (Å²) in [7, 11) is 0. The normalized spacial score (nSPS) is 40.7. The minimum atomic E-state index is -2.39. The first-order valence-electron chi connectivity index (χ1n) is 7.38. The first-order chi connectivity index (χ1) is 8.57. The number of halogens is 2. The summed E-state index contributed by atoms with van der Waals surface area (Å²) in [6, 6.07) is 0. The number of nitrogens with zero attached hydrogens (tertiary/aromatic N) is 1. The number of likely N-dealkylation sites (tertiary alicyclic amines) is 1. The third-order valence-corrected chi connectivity index (χ3v) is 5.11. The molecule has 0 amide bonds. The van der Waals surface area contributed by atoms with Crippen LogP contribution >= 0.6 is 0 Å². The van der Waals surface area contributed by atoms with Gasteiger partial charge in [-0.1, -0.05) is 0 Å². The van der Waals surface area contributed by atoms with Crippen molar-refractivity contribution in [3.63, 3.8) is 0 Å². The molecule has 0 aromatic rings. The van der Waals surface area contributed by atoms with Gasteiger partial charge >= 0.3 is 0 Å². The van der Waals surface area contributed by atoms with E-state index >= 15 is 0 Å². The van der Waals surface area contributed by atoms with Crippen LogP contribution in [0.5, 0.6) is 0 Å². The Kier molecular flexibility index (Phi) is 3.35. The van der Waals surface area contributed by atoms with Crippen LogP contribution in [0.25, 0.3) is 0 Å². The predicted molar refractivity (Wildman–Crippen MR) is 67.9 cm³/mol. The van der Waals surface area contributed by atoms with E-state index in [1.54, 1.807) is 0 Å². The molecule has 2 heterocycles. The summed E-state index contributed by atoms with van der Waals surface area (Å²) >= 11 is 0. The molecule has 2 saturated heterocycles. The maximum atomic E-state index is 13.4. The number of hydrogen-bond acceptors (Lipinski definition) is 2. The summed E-state index contributed by atoms with van der Waals surface area (Å²) in [5.41, 5.74) is 0.469. The van der Waals surface area contributed by atoms with Crippen molar-refractivity contribution in [2.24, 2.45) is 11.3 Å². The highest BCUT2D eigenvalue weighted by Crippen LogP contribution is 2.40. The van der Waals surface area contributed by atoms with Gasteiger partial charge in [-0.15, -0.1) is 0 Å². The lowest BCUT2D eigenvalue weighted by Gasteiger charge is -2.32. The Bertz CT molecular complexity index is 300. The Morgan fingerprint density at radius 2 is 2.11 bits per heavy atom. The zero-order valence-electron chi connectivity index (χ0n) is 11.1. The maximum Gasteiger partial charge on any atom is 0.248 e. The van der Waals surface area contributed by atoms with Gasteiger partial charge in [0.25, 0.3) is 0 Å². The van der Waals surface area contributed by atoms with E-state index in [2.05, 4.69) is 10.2 Å². The number of alkyl halides is 2. The molecule has 3 rings (SSSR count). The molecule has 3 fully saturated rings. The summed E-state index contributed by atoms with van der Waals surface area (Å²) < 4.78 is 26.8. The monoisotopic (exact) mass is 258 g/mol. The van der Waals surface area contributed by atoms with Crippen molar-refractivity contribution in [1.82, 2.24) is 10.2 Å². The molecule has 1 spiro atoms. The van der Waals surface area contributed by atoms with Gasteiger partial charge < -0.3 is 10.2 Å². The fraction of sp³-hybridized carbons (Fsp3) is 1.00. The zero-order valence-corrected chi connectivity index (χ0v) is 11.1. The first-order valence-corrected chi connectivity index (χ1v) is 7.38. The van der Waals surface area contributed by atoms with E-state index in [0.717, 1.165) is 39.1 Å². The molecule has 1 aliphatic carbocycles. The smallest absolute Gasteiger partial charge is 0.248 e. The third kappa shape index (κ3) is 2.69. The van der Waals surface area contributed by atoms with E-state index in [4.69, 9.17) is 0 Å². The summed E-state index contributed by atoms with van der Waals surface area (Å²) in [4.78, 5) is 2.44. The molecular formula is C14H24F2N2. The van der Waals surface area contributed by atoms with Crippen LogP contribution in [-0.2, 0) is 0 Å². The average molecular weight is 258 g/mol. The van der Waals surface area contributed by atoms with Gasteiger partial charge in [-0.2, -0.15) is 0 Å². The molecule has 104 valence electrons. The molecule has 0 aromatic carbocycles. The van der Waals surface area contributed by atoms with Crippen molar-refractivity contribution in [2.75, 3.05) is 32.7 Å². The van der Waals surface area contributed by atoms with Gasteiger partial charge in [0.15, 0.2) is 0 Å². The topological polar surface area (TPSA) is 15.3 Å². The molecule has 1 saturated carbocycles. The van der Waals surface area contributed by atoms with Gasteiger partial charge in [-0.3, -0.25) is 0 Å². The highest BCUT2D eigenvalue weighted by atomic mass is 19.3. The standard InChI is InChI=1S/C14H24F2N2/c15-14(16)3-1-2-12(8-14)9-18-7-5-13(11-18)4-6-17-10-13/h12,17H,1-11H2. The molecule has 0 bridgehead atoms. The van der Waals surface area contributed by atoms with Gasteiger partial charge in [0, 0.05) is 32.5 Å². The van der Waals surface area contributed by atoms with Gasteiger partial charge in [0.1, 0.15) is 0 Å². The van der Waals surface area contributed by atoms with E-state index in [9.17, 15) is 8.78 Å². The van der Waals surface area contributed by atoms with Crippen molar-refractivity contribution >= 4 is 0 Å².